The minimum atomic E-state index is 0.145. The first-order valence-corrected chi connectivity index (χ1v) is 9.16. The second-order valence-corrected chi connectivity index (χ2v) is 7.55. The Morgan fingerprint density at radius 3 is 2.48 bits per heavy atom. The van der Waals surface area contributed by atoms with Crippen LogP contribution in [0.15, 0.2) is 12.1 Å². The first-order valence-electron chi connectivity index (χ1n) is 9.16. The molecule has 3 heteroatoms. The molecule has 0 bridgehead atoms. The van der Waals surface area contributed by atoms with Crippen molar-refractivity contribution in [2.75, 3.05) is 18.4 Å². The van der Waals surface area contributed by atoms with Crippen LogP contribution >= 0.6 is 0 Å². The van der Waals surface area contributed by atoms with Crippen LogP contribution in [-0.4, -0.2) is 29.9 Å². The summed E-state index contributed by atoms with van der Waals surface area (Å²) in [6.07, 6.45) is 7.95. The van der Waals surface area contributed by atoms with Gasteiger partial charge in [0.15, 0.2) is 0 Å². The van der Waals surface area contributed by atoms with Gasteiger partial charge in [0.1, 0.15) is 0 Å². The van der Waals surface area contributed by atoms with Crippen molar-refractivity contribution in [1.82, 2.24) is 4.90 Å². The standard InChI is InChI=1S/C20H30N2O/c1-14-11-15(2)20(16(3)12-14)21-19(23)13-22-10-6-8-17-7-4-5-9-18(17)22/h11-12,17-18H,4-10,13H2,1-3H3,(H,21,23)/t17-,18-/m0/s1. The smallest absolute Gasteiger partial charge is 0.238 e. The highest BCUT2D eigenvalue weighted by molar-refractivity contribution is 5.93. The molecular weight excluding hydrogens is 284 g/mol. The highest BCUT2D eigenvalue weighted by atomic mass is 16.2. The summed E-state index contributed by atoms with van der Waals surface area (Å²) in [4.78, 5) is 15.0. The first kappa shape index (κ1) is 16.5. The molecule has 2 atom stereocenters. The van der Waals surface area contributed by atoms with Crippen molar-refractivity contribution in [3.8, 4) is 0 Å². The van der Waals surface area contributed by atoms with Crippen LogP contribution in [0.25, 0.3) is 0 Å². The molecule has 1 aliphatic heterocycles. The molecule has 1 amide bonds. The maximum absolute atomic E-state index is 12.6. The van der Waals surface area contributed by atoms with Gasteiger partial charge in [-0.25, -0.2) is 0 Å². The van der Waals surface area contributed by atoms with Crippen molar-refractivity contribution in [3.05, 3.63) is 28.8 Å². The summed E-state index contributed by atoms with van der Waals surface area (Å²) < 4.78 is 0. The van der Waals surface area contributed by atoms with Gasteiger partial charge in [0.25, 0.3) is 0 Å². The Morgan fingerprint density at radius 1 is 1.09 bits per heavy atom. The van der Waals surface area contributed by atoms with E-state index in [-0.39, 0.29) is 5.91 Å². The van der Waals surface area contributed by atoms with Crippen molar-refractivity contribution in [1.29, 1.82) is 0 Å². The van der Waals surface area contributed by atoms with Gasteiger partial charge in [-0.1, -0.05) is 30.5 Å². The number of aryl methyl sites for hydroxylation is 3. The van der Waals surface area contributed by atoms with E-state index in [1.54, 1.807) is 0 Å². The molecule has 0 radical (unpaired) electrons. The van der Waals surface area contributed by atoms with E-state index < -0.39 is 0 Å². The molecule has 0 aromatic heterocycles. The van der Waals surface area contributed by atoms with Crippen LogP contribution in [0.3, 0.4) is 0 Å². The van der Waals surface area contributed by atoms with Crippen LogP contribution < -0.4 is 5.32 Å². The predicted molar refractivity (Wildman–Crippen MR) is 95.8 cm³/mol. The molecule has 3 rings (SSSR count). The number of hydrogen-bond donors (Lipinski definition) is 1. The van der Waals surface area contributed by atoms with Gasteiger partial charge < -0.3 is 5.32 Å². The maximum atomic E-state index is 12.6. The lowest BCUT2D eigenvalue weighted by Crippen LogP contribution is -2.49. The molecule has 1 aliphatic carbocycles. The third kappa shape index (κ3) is 3.77. The SMILES string of the molecule is Cc1cc(C)c(NC(=O)CN2CCC[C@@H]3CCCC[C@@H]32)c(C)c1. The summed E-state index contributed by atoms with van der Waals surface area (Å²) in [5.41, 5.74) is 4.56. The van der Waals surface area contributed by atoms with Crippen LogP contribution in [0.2, 0.25) is 0 Å². The zero-order valence-electron chi connectivity index (χ0n) is 14.8. The van der Waals surface area contributed by atoms with Gasteiger partial charge in [0.2, 0.25) is 5.91 Å². The summed E-state index contributed by atoms with van der Waals surface area (Å²) in [5.74, 6) is 0.972. The number of hydrogen-bond acceptors (Lipinski definition) is 2. The summed E-state index contributed by atoms with van der Waals surface area (Å²) in [6.45, 7) is 7.89. The van der Waals surface area contributed by atoms with Crippen molar-refractivity contribution in [2.45, 2.75) is 65.3 Å². The summed E-state index contributed by atoms with van der Waals surface area (Å²) in [7, 11) is 0. The molecule has 3 nitrogen and oxygen atoms in total. The molecule has 1 saturated heterocycles. The summed E-state index contributed by atoms with van der Waals surface area (Å²) >= 11 is 0. The summed E-state index contributed by atoms with van der Waals surface area (Å²) in [5, 5.41) is 3.17. The minimum absolute atomic E-state index is 0.145. The number of nitrogens with one attached hydrogen (secondary N) is 1. The average molecular weight is 314 g/mol. The molecule has 1 N–H and O–H groups in total. The Morgan fingerprint density at radius 2 is 1.74 bits per heavy atom. The van der Waals surface area contributed by atoms with E-state index in [4.69, 9.17) is 0 Å². The number of anilines is 1. The predicted octanol–water partition coefficient (Wildman–Crippen LogP) is 4.20. The normalized spacial score (nSPS) is 25.0. The van der Waals surface area contributed by atoms with Crippen LogP contribution in [0.5, 0.6) is 0 Å². The summed E-state index contributed by atoms with van der Waals surface area (Å²) in [6, 6.07) is 4.92. The van der Waals surface area contributed by atoms with E-state index in [1.807, 2.05) is 0 Å². The molecule has 0 unspecified atom stereocenters. The Labute approximate surface area is 140 Å². The molecule has 23 heavy (non-hydrogen) atoms. The van der Waals surface area contributed by atoms with Gasteiger partial charge in [0.05, 0.1) is 6.54 Å². The number of carbonyl (C=O) groups is 1. The fraction of sp³-hybridized carbons (Fsp3) is 0.650. The molecule has 2 aliphatic rings. The number of rotatable bonds is 3. The minimum Gasteiger partial charge on any atom is -0.324 e. The van der Waals surface area contributed by atoms with Gasteiger partial charge in [0, 0.05) is 11.7 Å². The van der Waals surface area contributed by atoms with Crippen molar-refractivity contribution in [3.63, 3.8) is 0 Å². The zero-order chi connectivity index (χ0) is 16.4. The lowest BCUT2D eigenvalue weighted by Gasteiger charge is -2.43. The molecular formula is C20H30N2O. The Bertz CT molecular complexity index is 556. The van der Waals surface area contributed by atoms with E-state index in [0.717, 1.165) is 29.3 Å². The highest BCUT2D eigenvalue weighted by Crippen LogP contribution is 2.35. The molecule has 2 fully saturated rings. The van der Waals surface area contributed by atoms with E-state index in [0.29, 0.717) is 12.6 Å². The Kier molecular flexibility index (Phi) is 5.05. The number of likely N-dealkylation sites (tertiary alicyclic amines) is 1. The third-order valence-corrected chi connectivity index (χ3v) is 5.65. The Hall–Kier alpha value is -1.35. The fourth-order valence-electron chi connectivity index (χ4n) is 4.66. The largest absolute Gasteiger partial charge is 0.324 e. The number of benzene rings is 1. The second kappa shape index (κ2) is 7.04. The highest BCUT2D eigenvalue weighted by Gasteiger charge is 2.33. The number of nitrogens with zero attached hydrogens (tertiary/aromatic N) is 1. The fourth-order valence-corrected chi connectivity index (χ4v) is 4.66. The van der Waals surface area contributed by atoms with E-state index in [9.17, 15) is 4.79 Å². The lowest BCUT2D eigenvalue weighted by molar-refractivity contribution is -0.118. The van der Waals surface area contributed by atoms with Crippen molar-refractivity contribution >= 4 is 11.6 Å². The van der Waals surface area contributed by atoms with Crippen molar-refractivity contribution < 1.29 is 4.79 Å². The zero-order valence-corrected chi connectivity index (χ0v) is 14.8. The van der Waals surface area contributed by atoms with E-state index in [1.165, 1.54) is 44.1 Å². The van der Waals surface area contributed by atoms with Gasteiger partial charge in [-0.05, 0) is 70.0 Å². The van der Waals surface area contributed by atoms with E-state index >= 15 is 0 Å². The number of piperidine rings is 1. The van der Waals surface area contributed by atoms with Gasteiger partial charge in [-0.15, -0.1) is 0 Å². The number of fused-ring (bicyclic) bond motifs is 1. The quantitative estimate of drug-likeness (QED) is 0.906. The average Bonchev–Trinajstić information content (AvgIpc) is 2.51. The second-order valence-electron chi connectivity index (χ2n) is 7.55. The third-order valence-electron chi connectivity index (χ3n) is 5.65. The first-order chi connectivity index (χ1) is 11.0. The number of amides is 1. The maximum Gasteiger partial charge on any atom is 0.238 e. The molecule has 1 heterocycles. The van der Waals surface area contributed by atoms with Crippen LogP contribution in [0.4, 0.5) is 5.69 Å². The van der Waals surface area contributed by atoms with Gasteiger partial charge >= 0.3 is 0 Å². The number of carbonyl (C=O) groups excluding carboxylic acids is 1. The lowest BCUT2D eigenvalue weighted by atomic mass is 9.78. The van der Waals surface area contributed by atoms with Crippen LogP contribution in [0, 0.1) is 26.7 Å². The van der Waals surface area contributed by atoms with E-state index in [2.05, 4.69) is 43.1 Å². The Balaban J connectivity index is 1.65. The molecule has 0 spiro atoms. The van der Waals surface area contributed by atoms with Gasteiger partial charge in [-0.2, -0.15) is 0 Å². The molecule has 1 saturated carbocycles. The van der Waals surface area contributed by atoms with Crippen LogP contribution in [-0.2, 0) is 4.79 Å². The van der Waals surface area contributed by atoms with Crippen LogP contribution in [0.1, 0.15) is 55.2 Å². The molecule has 1 aromatic carbocycles. The molecule has 126 valence electrons. The molecule has 1 aromatic rings. The van der Waals surface area contributed by atoms with Crippen molar-refractivity contribution in [2.24, 2.45) is 5.92 Å². The van der Waals surface area contributed by atoms with Gasteiger partial charge in [-0.3, -0.25) is 9.69 Å². The monoisotopic (exact) mass is 314 g/mol. The topological polar surface area (TPSA) is 32.3 Å².